The van der Waals surface area contributed by atoms with Crippen molar-refractivity contribution in [3.8, 4) is 0 Å². The van der Waals surface area contributed by atoms with Crippen molar-refractivity contribution in [2.45, 2.75) is 141 Å². The van der Waals surface area contributed by atoms with E-state index in [-0.39, 0.29) is 91.0 Å². The largest absolute Gasteiger partial charge is 0.450 e. The highest BCUT2D eigenvalue weighted by Gasteiger charge is 2.72. The molecule has 0 saturated heterocycles. The summed E-state index contributed by atoms with van der Waals surface area (Å²) in [7, 11) is 0. The van der Waals surface area contributed by atoms with Crippen LogP contribution in [0.1, 0.15) is 118 Å². The fraction of sp³-hybridized carbons (Fsp3) is 0.795. The number of fused-ring (bicyclic) bond motifs is 10. The maximum absolute atomic E-state index is 14.5. The van der Waals surface area contributed by atoms with Gasteiger partial charge in [0.15, 0.2) is 23.0 Å². The Morgan fingerprint density at radius 2 is 1.31 bits per heavy atom. The molecule has 11 heteroatoms. The van der Waals surface area contributed by atoms with Crippen molar-refractivity contribution in [3.05, 3.63) is 23.3 Å². The Kier molecular flexibility index (Phi) is 9.26. The maximum atomic E-state index is 14.5. The van der Waals surface area contributed by atoms with Crippen LogP contribution in [-0.4, -0.2) is 91.3 Å². The highest BCUT2D eigenvalue weighted by Crippen LogP contribution is 2.70. The van der Waals surface area contributed by atoms with Gasteiger partial charge >= 0.3 is 5.97 Å². The van der Waals surface area contributed by atoms with Crippen LogP contribution in [0.25, 0.3) is 0 Å². The molecule has 0 bridgehead atoms. The van der Waals surface area contributed by atoms with Gasteiger partial charge in [0, 0.05) is 30.1 Å². The van der Waals surface area contributed by atoms with Crippen molar-refractivity contribution >= 4 is 29.1 Å². The van der Waals surface area contributed by atoms with Gasteiger partial charge in [-0.3, -0.25) is 24.0 Å². The number of aliphatic hydroxyl groups excluding tert-OH is 4. The van der Waals surface area contributed by atoms with E-state index >= 15 is 0 Å². The first-order valence-electron chi connectivity index (χ1n) is 20.9. The third-order valence-corrected chi connectivity index (χ3v) is 18.3. The Labute approximate surface area is 323 Å². The number of carbonyl (C=O) groups is 5. The number of hydrogen-bond acceptors (Lipinski definition) is 11. The zero-order valence-electron chi connectivity index (χ0n) is 32.9. The van der Waals surface area contributed by atoms with Gasteiger partial charge in [-0.1, -0.05) is 38.8 Å². The van der Waals surface area contributed by atoms with Gasteiger partial charge in [0.05, 0.1) is 12.2 Å². The second-order valence-electron chi connectivity index (χ2n) is 20.0. The van der Waals surface area contributed by atoms with E-state index in [1.807, 2.05) is 20.8 Å². The lowest BCUT2D eigenvalue weighted by atomic mass is 9.43. The molecule has 0 amide bonds. The van der Waals surface area contributed by atoms with Crippen LogP contribution >= 0.6 is 0 Å². The minimum absolute atomic E-state index is 0.0392. The molecule has 6 fully saturated rings. The number of esters is 1. The van der Waals surface area contributed by atoms with E-state index in [9.17, 15) is 49.5 Å². The maximum Gasteiger partial charge on any atom is 0.307 e. The molecule has 0 aromatic heterocycles. The topological polar surface area (TPSA) is 196 Å². The number of aliphatic hydroxyl groups is 5. The third kappa shape index (κ3) is 5.14. The van der Waals surface area contributed by atoms with Crippen molar-refractivity contribution in [1.29, 1.82) is 0 Å². The quantitative estimate of drug-likeness (QED) is 0.237. The second kappa shape index (κ2) is 13.0. The van der Waals surface area contributed by atoms with E-state index in [1.54, 1.807) is 12.2 Å². The zero-order chi connectivity index (χ0) is 39.7. The fourth-order valence-corrected chi connectivity index (χ4v) is 15.7. The molecular weight excluding hydrogens is 704 g/mol. The normalized spacial score (nSPS) is 49.9. The van der Waals surface area contributed by atoms with E-state index in [4.69, 9.17) is 4.74 Å². The van der Waals surface area contributed by atoms with Gasteiger partial charge in [0.2, 0.25) is 5.78 Å². The molecule has 0 radical (unpaired) electrons. The number of ketones is 4. The van der Waals surface area contributed by atoms with Gasteiger partial charge in [-0.2, -0.15) is 0 Å². The van der Waals surface area contributed by atoms with Crippen LogP contribution in [0.15, 0.2) is 23.3 Å². The van der Waals surface area contributed by atoms with Gasteiger partial charge in [-0.05, 0) is 135 Å². The number of Topliss-reactive ketones (excluding diaryl/α,β-unsaturated/α-hetero) is 2. The van der Waals surface area contributed by atoms with Gasteiger partial charge in [0.1, 0.15) is 18.8 Å². The molecule has 55 heavy (non-hydrogen) atoms. The minimum Gasteiger partial charge on any atom is -0.450 e. The Balaban J connectivity index is 1.08. The SMILES string of the molecule is C[C@]12CCC(=O)C=C1CCC1C2[C@H](O)C[C@@]2(C)C1CC[C@]2(OC(=O)CC1CC(=O)C=C2CC[C@@H]3[C@H]([C@H](O)C[C@@]4(C)[C@H]3CC[C@]4(O)C(=O)CO)[C@]21C)C(=O)CO. The lowest BCUT2D eigenvalue weighted by Gasteiger charge is -2.62. The number of hydrogen-bond donors (Lipinski definition) is 5. The Bertz CT molecular complexity index is 1770. The molecule has 0 spiro atoms. The van der Waals surface area contributed by atoms with Crippen LogP contribution in [0, 0.1) is 63.1 Å². The summed E-state index contributed by atoms with van der Waals surface area (Å²) in [6.07, 6.45) is 7.29. The predicted octanol–water partition coefficient (Wildman–Crippen LogP) is 3.74. The molecule has 0 aliphatic heterocycles. The van der Waals surface area contributed by atoms with E-state index in [1.165, 1.54) is 0 Å². The summed E-state index contributed by atoms with van der Waals surface area (Å²) in [5.74, 6) is -3.10. The molecule has 11 nitrogen and oxygen atoms in total. The second-order valence-corrected chi connectivity index (χ2v) is 20.0. The first-order chi connectivity index (χ1) is 25.8. The lowest BCUT2D eigenvalue weighted by Crippen LogP contribution is -2.64. The number of allylic oxidation sites excluding steroid dienone is 2. The monoisotopic (exact) mass is 764 g/mol. The Morgan fingerprint density at radius 1 is 0.727 bits per heavy atom. The molecule has 4 unspecified atom stereocenters. The summed E-state index contributed by atoms with van der Waals surface area (Å²) in [5, 5.41) is 55.9. The van der Waals surface area contributed by atoms with Crippen LogP contribution < -0.4 is 0 Å². The smallest absolute Gasteiger partial charge is 0.307 e. The minimum atomic E-state index is -1.75. The molecule has 15 atom stereocenters. The molecule has 302 valence electrons. The third-order valence-electron chi connectivity index (χ3n) is 18.3. The van der Waals surface area contributed by atoms with Crippen LogP contribution in [0.5, 0.6) is 0 Å². The zero-order valence-corrected chi connectivity index (χ0v) is 32.9. The van der Waals surface area contributed by atoms with Crippen molar-refractivity contribution in [1.82, 2.24) is 0 Å². The molecule has 8 aliphatic rings. The molecule has 8 rings (SSSR count). The summed E-state index contributed by atoms with van der Waals surface area (Å²) < 4.78 is 6.47. The van der Waals surface area contributed by atoms with Crippen LogP contribution in [0.4, 0.5) is 0 Å². The van der Waals surface area contributed by atoms with Crippen LogP contribution in [0.2, 0.25) is 0 Å². The highest BCUT2D eigenvalue weighted by molar-refractivity contribution is 5.94. The molecule has 0 aromatic carbocycles. The Morgan fingerprint density at radius 3 is 2.00 bits per heavy atom. The van der Waals surface area contributed by atoms with Crippen molar-refractivity contribution in [2.24, 2.45) is 63.1 Å². The summed E-state index contributed by atoms with van der Waals surface area (Å²) in [4.78, 5) is 67.2. The van der Waals surface area contributed by atoms with E-state index in [0.717, 1.165) is 24.0 Å². The van der Waals surface area contributed by atoms with Crippen molar-refractivity contribution in [2.75, 3.05) is 13.2 Å². The number of rotatable bonds is 7. The van der Waals surface area contributed by atoms with Crippen molar-refractivity contribution in [3.63, 3.8) is 0 Å². The van der Waals surface area contributed by atoms with E-state index in [2.05, 4.69) is 6.92 Å². The van der Waals surface area contributed by atoms with E-state index in [0.29, 0.717) is 38.5 Å². The molecule has 8 aliphatic carbocycles. The molecule has 5 N–H and O–H groups in total. The van der Waals surface area contributed by atoms with Crippen LogP contribution in [0.3, 0.4) is 0 Å². The average Bonchev–Trinajstić information content (AvgIpc) is 3.57. The van der Waals surface area contributed by atoms with Gasteiger partial charge < -0.3 is 30.3 Å². The summed E-state index contributed by atoms with van der Waals surface area (Å²) >= 11 is 0. The summed E-state index contributed by atoms with van der Waals surface area (Å²) in [5.41, 5.74) is -4.45. The van der Waals surface area contributed by atoms with E-state index < -0.39 is 76.3 Å². The summed E-state index contributed by atoms with van der Waals surface area (Å²) in [6.45, 7) is 6.36. The lowest BCUT2D eigenvalue weighted by molar-refractivity contribution is -0.205. The molecule has 6 saturated carbocycles. The van der Waals surface area contributed by atoms with Crippen LogP contribution in [-0.2, 0) is 28.7 Å². The fourth-order valence-electron chi connectivity index (χ4n) is 15.7. The first-order valence-corrected chi connectivity index (χ1v) is 20.9. The average molecular weight is 765 g/mol. The summed E-state index contributed by atoms with van der Waals surface area (Å²) in [6, 6.07) is 0. The first kappa shape index (κ1) is 39.3. The molecule has 0 heterocycles. The number of carbonyl (C=O) groups excluding carboxylic acids is 5. The van der Waals surface area contributed by atoms with Gasteiger partial charge in [-0.15, -0.1) is 0 Å². The highest BCUT2D eigenvalue weighted by atomic mass is 16.6. The van der Waals surface area contributed by atoms with Gasteiger partial charge in [-0.25, -0.2) is 0 Å². The standard InChI is InChI=1S/C44H60O11/c1-39-12-9-26(47)15-23(39)5-7-28-31-11-14-44(35(52)22-46,41(31,3)20-32(49)37(28)39)55-36(53)18-25-17-27(48)16-24-6-8-29-30-10-13-43(54,34(51)21-45)40(30,2)19-33(50)38(29)42(24,25)4/h15-16,25,28-33,37-38,45-46,49-50,54H,5-14,17-22H2,1-4H3/t25?,28?,29-,30-,31?,32+,33+,37?,38+,39-,40-,41-,42+,43-,44-/m0/s1. The molecule has 0 aromatic rings. The molecular formula is C44H60O11. The van der Waals surface area contributed by atoms with Gasteiger partial charge in [0.25, 0.3) is 0 Å². The predicted molar refractivity (Wildman–Crippen MR) is 198 cm³/mol. The Hall–Kier alpha value is -2.57. The van der Waals surface area contributed by atoms with Crippen molar-refractivity contribution < 1.29 is 54.2 Å². The number of ether oxygens (including phenoxy) is 1.